The number of benzene rings is 1. The summed E-state index contributed by atoms with van der Waals surface area (Å²) in [6, 6.07) is 1.69. The highest BCUT2D eigenvalue weighted by atomic mass is 16.5. The first-order chi connectivity index (χ1) is 16.0. The highest BCUT2D eigenvalue weighted by molar-refractivity contribution is 5.71. The maximum Gasteiger partial charge on any atom is 0.308 e. The van der Waals surface area contributed by atoms with Crippen LogP contribution in [0.25, 0.3) is 0 Å². The minimum atomic E-state index is -0.359. The van der Waals surface area contributed by atoms with Crippen molar-refractivity contribution in [3.63, 3.8) is 0 Å². The van der Waals surface area contributed by atoms with Gasteiger partial charge in [-0.1, -0.05) is 34.9 Å². The molecule has 0 fully saturated rings. The Balaban J connectivity index is 2.54. The number of esters is 2. The molecule has 1 rings (SSSR count). The SMILES string of the molecule is CC(=O)OCCC/C(C)=C/CC/C(C)=C/CC/C(C)=C/Cc1cc(O)c(C)c(C)c1OC(C)=O. The molecule has 1 aromatic rings. The third-order valence-corrected chi connectivity index (χ3v) is 5.89. The van der Waals surface area contributed by atoms with Crippen molar-refractivity contribution in [2.75, 3.05) is 6.61 Å². The van der Waals surface area contributed by atoms with Crippen molar-refractivity contribution in [2.24, 2.45) is 0 Å². The Morgan fingerprint density at radius 2 is 1.38 bits per heavy atom. The number of allylic oxidation sites excluding steroid dienone is 6. The summed E-state index contributed by atoms with van der Waals surface area (Å²) < 4.78 is 10.4. The van der Waals surface area contributed by atoms with Crippen LogP contribution in [0.15, 0.2) is 41.0 Å². The summed E-state index contributed by atoms with van der Waals surface area (Å²) >= 11 is 0. The molecule has 188 valence electrons. The normalized spacial score (nSPS) is 12.6. The number of carbonyl (C=O) groups excluding carboxylic acids is 2. The van der Waals surface area contributed by atoms with Crippen LogP contribution in [-0.4, -0.2) is 23.7 Å². The zero-order valence-electron chi connectivity index (χ0n) is 22.0. The molecule has 0 aliphatic carbocycles. The van der Waals surface area contributed by atoms with Gasteiger partial charge < -0.3 is 14.6 Å². The van der Waals surface area contributed by atoms with Gasteiger partial charge in [0.15, 0.2) is 0 Å². The third-order valence-electron chi connectivity index (χ3n) is 5.89. The van der Waals surface area contributed by atoms with Gasteiger partial charge in [-0.15, -0.1) is 0 Å². The van der Waals surface area contributed by atoms with Crippen molar-refractivity contribution < 1.29 is 24.2 Å². The van der Waals surface area contributed by atoms with Crippen molar-refractivity contribution in [1.82, 2.24) is 0 Å². The van der Waals surface area contributed by atoms with E-state index in [4.69, 9.17) is 9.47 Å². The number of hydrogen-bond donors (Lipinski definition) is 1. The van der Waals surface area contributed by atoms with Crippen molar-refractivity contribution >= 4 is 11.9 Å². The van der Waals surface area contributed by atoms with Gasteiger partial charge in [0.05, 0.1) is 6.61 Å². The Morgan fingerprint density at radius 3 is 1.94 bits per heavy atom. The fourth-order valence-electron chi connectivity index (χ4n) is 3.63. The molecule has 1 N–H and O–H groups in total. The van der Waals surface area contributed by atoms with Gasteiger partial charge in [0.25, 0.3) is 0 Å². The van der Waals surface area contributed by atoms with Crippen molar-refractivity contribution in [1.29, 1.82) is 0 Å². The smallest absolute Gasteiger partial charge is 0.308 e. The van der Waals surface area contributed by atoms with Gasteiger partial charge in [-0.2, -0.15) is 0 Å². The van der Waals surface area contributed by atoms with E-state index in [0.717, 1.165) is 55.2 Å². The van der Waals surface area contributed by atoms with Crippen LogP contribution >= 0.6 is 0 Å². The van der Waals surface area contributed by atoms with E-state index in [9.17, 15) is 14.7 Å². The quantitative estimate of drug-likeness (QED) is 0.143. The van der Waals surface area contributed by atoms with E-state index in [0.29, 0.717) is 18.8 Å². The molecule has 0 unspecified atom stereocenters. The Hall–Kier alpha value is -2.82. The first kappa shape index (κ1) is 29.2. The summed E-state index contributed by atoms with van der Waals surface area (Å²) in [7, 11) is 0. The van der Waals surface area contributed by atoms with Crippen LogP contribution in [-0.2, 0) is 20.7 Å². The zero-order valence-corrected chi connectivity index (χ0v) is 22.0. The molecule has 0 spiro atoms. The summed E-state index contributed by atoms with van der Waals surface area (Å²) in [5, 5.41) is 10.2. The molecule has 0 atom stereocenters. The predicted molar refractivity (Wildman–Crippen MR) is 138 cm³/mol. The monoisotopic (exact) mass is 470 g/mol. The molecule has 0 aliphatic heterocycles. The molecule has 0 bridgehead atoms. The van der Waals surface area contributed by atoms with Crippen molar-refractivity contribution in [3.05, 3.63) is 57.7 Å². The summed E-state index contributed by atoms with van der Waals surface area (Å²) in [4.78, 5) is 22.3. The molecule has 5 nitrogen and oxygen atoms in total. The number of phenolic OH excluding ortho intramolecular Hbond substituents is 1. The topological polar surface area (TPSA) is 72.8 Å². The second kappa shape index (κ2) is 15.2. The third kappa shape index (κ3) is 11.4. The lowest BCUT2D eigenvalue weighted by molar-refractivity contribution is -0.141. The molecule has 0 aromatic heterocycles. The number of aromatic hydroxyl groups is 1. The van der Waals surface area contributed by atoms with Gasteiger partial charge in [-0.05, 0) is 96.8 Å². The molecular formula is C29H42O5. The summed E-state index contributed by atoms with van der Waals surface area (Å²) in [6.07, 6.45) is 13.1. The second-order valence-corrected chi connectivity index (χ2v) is 9.10. The number of phenols is 1. The molecule has 1 aromatic carbocycles. The van der Waals surface area contributed by atoms with E-state index in [1.807, 2.05) is 13.8 Å². The molecule has 0 saturated carbocycles. The Bertz CT molecular complexity index is 934. The van der Waals surface area contributed by atoms with E-state index >= 15 is 0 Å². The van der Waals surface area contributed by atoms with Crippen LogP contribution in [0.1, 0.15) is 89.8 Å². The lowest BCUT2D eigenvalue weighted by Crippen LogP contribution is -2.06. The van der Waals surface area contributed by atoms with E-state index in [1.165, 1.54) is 30.6 Å². The maximum atomic E-state index is 11.5. The van der Waals surface area contributed by atoms with Gasteiger partial charge >= 0.3 is 11.9 Å². The largest absolute Gasteiger partial charge is 0.508 e. The van der Waals surface area contributed by atoms with Crippen molar-refractivity contribution in [3.8, 4) is 11.5 Å². The van der Waals surface area contributed by atoms with Crippen LogP contribution < -0.4 is 4.74 Å². The standard InChI is InChI=1S/C29H42O5/c1-20(11-8-13-21(2)15-10-18-33-25(6)30)12-9-14-22(3)16-17-27-19-28(32)23(4)24(5)29(27)34-26(7)31/h12-13,16,19,32H,8-11,14-15,17-18H2,1-7H3/b20-12+,21-13+,22-16+. The lowest BCUT2D eigenvalue weighted by Gasteiger charge is -2.14. The summed E-state index contributed by atoms with van der Waals surface area (Å²) in [6.45, 7) is 13.4. The first-order valence-corrected chi connectivity index (χ1v) is 12.1. The second-order valence-electron chi connectivity index (χ2n) is 9.10. The minimum Gasteiger partial charge on any atom is -0.508 e. The molecule has 0 saturated heterocycles. The van der Waals surface area contributed by atoms with Gasteiger partial charge in [-0.3, -0.25) is 9.59 Å². The van der Waals surface area contributed by atoms with Gasteiger partial charge in [-0.25, -0.2) is 0 Å². The van der Waals surface area contributed by atoms with Crippen LogP contribution in [0, 0.1) is 13.8 Å². The fraction of sp³-hybridized carbons (Fsp3) is 0.517. The molecule has 5 heteroatoms. The molecule has 0 amide bonds. The average Bonchev–Trinajstić information content (AvgIpc) is 2.75. The van der Waals surface area contributed by atoms with Gasteiger partial charge in [0, 0.05) is 19.4 Å². The number of carbonyl (C=O) groups is 2. The number of ether oxygens (including phenoxy) is 2. The highest BCUT2D eigenvalue weighted by Crippen LogP contribution is 2.33. The molecule has 0 heterocycles. The molecule has 0 aliphatic rings. The van der Waals surface area contributed by atoms with Crippen molar-refractivity contribution in [2.45, 2.75) is 93.4 Å². The van der Waals surface area contributed by atoms with Crippen LogP contribution in [0.4, 0.5) is 0 Å². The van der Waals surface area contributed by atoms with Crippen LogP contribution in [0.2, 0.25) is 0 Å². The van der Waals surface area contributed by atoms with Gasteiger partial charge in [0.2, 0.25) is 0 Å². The lowest BCUT2D eigenvalue weighted by atomic mass is 9.99. The van der Waals surface area contributed by atoms with E-state index in [-0.39, 0.29) is 17.7 Å². The first-order valence-electron chi connectivity index (χ1n) is 12.1. The van der Waals surface area contributed by atoms with E-state index in [2.05, 4.69) is 39.0 Å². The minimum absolute atomic E-state index is 0.219. The Morgan fingerprint density at radius 1 is 0.824 bits per heavy atom. The Labute approximate surface area is 205 Å². The number of hydrogen-bond acceptors (Lipinski definition) is 5. The highest BCUT2D eigenvalue weighted by Gasteiger charge is 2.14. The summed E-state index contributed by atoms with van der Waals surface area (Å²) in [5.74, 6) is 0.200. The molecule has 34 heavy (non-hydrogen) atoms. The summed E-state index contributed by atoms with van der Waals surface area (Å²) in [5.41, 5.74) is 6.32. The number of rotatable bonds is 13. The fourth-order valence-corrected chi connectivity index (χ4v) is 3.63. The zero-order chi connectivity index (χ0) is 25.7. The Kier molecular flexibility index (Phi) is 13.0. The maximum absolute atomic E-state index is 11.5. The van der Waals surface area contributed by atoms with Crippen LogP contribution in [0.3, 0.4) is 0 Å². The van der Waals surface area contributed by atoms with E-state index in [1.54, 1.807) is 6.07 Å². The van der Waals surface area contributed by atoms with Gasteiger partial charge in [0.1, 0.15) is 11.5 Å². The van der Waals surface area contributed by atoms with E-state index < -0.39 is 0 Å². The predicted octanol–water partition coefficient (Wildman–Crippen LogP) is 7.22. The molecule has 0 radical (unpaired) electrons. The van der Waals surface area contributed by atoms with Crippen LogP contribution in [0.5, 0.6) is 11.5 Å². The molecular weight excluding hydrogens is 428 g/mol. The average molecular weight is 471 g/mol.